The molecule has 0 spiro atoms. The summed E-state index contributed by atoms with van der Waals surface area (Å²) in [5.41, 5.74) is 5.25. The predicted octanol–water partition coefficient (Wildman–Crippen LogP) is 7.00. The van der Waals surface area contributed by atoms with Gasteiger partial charge in [0.1, 0.15) is 0 Å². The fraction of sp³-hybridized carbons (Fsp3) is 0.842. The molecule has 0 aromatic rings. The second-order valence-corrected chi connectivity index (χ2v) is 7.19. The standard InChI is InChI=1S/C19H38N2S/c1-2-3-4-5-6-7-8-9-10-11-12-13-14-15-16-17-18-22-19(20)21/h17-18H,2-16H2,1H3,(H3,20,21). The van der Waals surface area contributed by atoms with Gasteiger partial charge in [0.25, 0.3) is 0 Å². The summed E-state index contributed by atoms with van der Waals surface area (Å²) in [7, 11) is 0. The number of unbranched alkanes of at least 4 members (excludes halogenated alkanes) is 14. The van der Waals surface area contributed by atoms with Crippen molar-refractivity contribution in [2.75, 3.05) is 0 Å². The summed E-state index contributed by atoms with van der Waals surface area (Å²) in [5.74, 6) is 0. The normalized spacial score (nSPS) is 11.3. The Morgan fingerprint density at radius 2 is 1.18 bits per heavy atom. The minimum atomic E-state index is 0.178. The molecule has 0 rings (SSSR count). The Balaban J connectivity index is 3.02. The quantitative estimate of drug-likeness (QED) is 0.182. The van der Waals surface area contributed by atoms with E-state index in [1.54, 1.807) is 0 Å². The van der Waals surface area contributed by atoms with Gasteiger partial charge in [0.05, 0.1) is 0 Å². The third-order valence-electron chi connectivity index (χ3n) is 4.02. The minimum absolute atomic E-state index is 0.178. The van der Waals surface area contributed by atoms with E-state index in [-0.39, 0.29) is 5.17 Å². The lowest BCUT2D eigenvalue weighted by Crippen LogP contribution is -2.01. The number of amidine groups is 1. The van der Waals surface area contributed by atoms with Crippen LogP contribution in [-0.2, 0) is 0 Å². The molecule has 0 aliphatic carbocycles. The van der Waals surface area contributed by atoms with E-state index in [1.807, 2.05) is 5.41 Å². The molecular formula is C19H38N2S. The van der Waals surface area contributed by atoms with Crippen LogP contribution in [0, 0.1) is 5.41 Å². The number of rotatable bonds is 16. The summed E-state index contributed by atoms with van der Waals surface area (Å²) < 4.78 is 0. The Kier molecular flexibility index (Phi) is 18.2. The SMILES string of the molecule is CCCCCCCCCCCCCCCCC=CSC(=N)N. The van der Waals surface area contributed by atoms with Crippen LogP contribution >= 0.6 is 11.8 Å². The van der Waals surface area contributed by atoms with Crippen molar-refractivity contribution in [2.45, 2.75) is 103 Å². The molecule has 0 aromatic heterocycles. The van der Waals surface area contributed by atoms with E-state index in [2.05, 4.69) is 13.0 Å². The van der Waals surface area contributed by atoms with Gasteiger partial charge in [-0.3, -0.25) is 5.41 Å². The van der Waals surface area contributed by atoms with Gasteiger partial charge in [-0.2, -0.15) is 0 Å². The molecule has 0 saturated heterocycles. The zero-order chi connectivity index (χ0) is 16.3. The van der Waals surface area contributed by atoms with E-state index in [1.165, 1.54) is 102 Å². The first-order valence-electron chi connectivity index (χ1n) is 9.43. The Morgan fingerprint density at radius 1 is 0.773 bits per heavy atom. The fourth-order valence-corrected chi connectivity index (χ4v) is 3.03. The van der Waals surface area contributed by atoms with E-state index in [0.717, 1.165) is 6.42 Å². The number of hydrogen-bond donors (Lipinski definition) is 2. The average molecular weight is 327 g/mol. The first-order valence-corrected chi connectivity index (χ1v) is 10.3. The largest absolute Gasteiger partial charge is 0.378 e. The first kappa shape index (κ1) is 21.6. The molecule has 3 heteroatoms. The molecule has 0 bridgehead atoms. The molecule has 0 heterocycles. The summed E-state index contributed by atoms with van der Waals surface area (Å²) in [6.45, 7) is 2.28. The average Bonchev–Trinajstić information content (AvgIpc) is 2.50. The monoisotopic (exact) mass is 326 g/mol. The van der Waals surface area contributed by atoms with Gasteiger partial charge in [-0.1, -0.05) is 108 Å². The molecule has 130 valence electrons. The van der Waals surface area contributed by atoms with Gasteiger partial charge >= 0.3 is 0 Å². The molecule has 0 aromatic carbocycles. The highest BCUT2D eigenvalue weighted by Gasteiger charge is 1.93. The minimum Gasteiger partial charge on any atom is -0.378 e. The van der Waals surface area contributed by atoms with Crippen molar-refractivity contribution >= 4 is 16.9 Å². The second kappa shape index (κ2) is 18.6. The lowest BCUT2D eigenvalue weighted by atomic mass is 10.0. The second-order valence-electron chi connectivity index (χ2n) is 6.24. The van der Waals surface area contributed by atoms with Crippen molar-refractivity contribution < 1.29 is 0 Å². The Labute approximate surface area is 143 Å². The van der Waals surface area contributed by atoms with Crippen LogP contribution in [0.4, 0.5) is 0 Å². The molecule has 22 heavy (non-hydrogen) atoms. The number of nitrogens with two attached hydrogens (primary N) is 1. The van der Waals surface area contributed by atoms with Gasteiger partial charge in [-0.05, 0) is 18.2 Å². The van der Waals surface area contributed by atoms with E-state index in [0.29, 0.717) is 0 Å². The first-order chi connectivity index (χ1) is 10.8. The van der Waals surface area contributed by atoms with Crippen molar-refractivity contribution in [3.05, 3.63) is 11.5 Å². The van der Waals surface area contributed by atoms with Crippen LogP contribution in [-0.4, -0.2) is 5.17 Å². The maximum atomic E-state index is 7.07. The van der Waals surface area contributed by atoms with Gasteiger partial charge in [0, 0.05) is 0 Å². The molecular weight excluding hydrogens is 288 g/mol. The topological polar surface area (TPSA) is 49.9 Å². The van der Waals surface area contributed by atoms with Gasteiger partial charge in [0.2, 0.25) is 0 Å². The van der Waals surface area contributed by atoms with E-state index >= 15 is 0 Å². The maximum Gasteiger partial charge on any atom is 0.155 e. The van der Waals surface area contributed by atoms with Crippen LogP contribution in [0.1, 0.15) is 103 Å². The van der Waals surface area contributed by atoms with Crippen molar-refractivity contribution in [1.29, 1.82) is 5.41 Å². The molecule has 0 saturated carbocycles. The molecule has 0 atom stereocenters. The Hall–Kier alpha value is -0.440. The van der Waals surface area contributed by atoms with E-state index in [9.17, 15) is 0 Å². The zero-order valence-corrected chi connectivity index (χ0v) is 15.6. The van der Waals surface area contributed by atoms with Gasteiger partial charge in [-0.15, -0.1) is 0 Å². The summed E-state index contributed by atoms with van der Waals surface area (Å²) in [6.07, 6.45) is 23.0. The van der Waals surface area contributed by atoms with E-state index < -0.39 is 0 Å². The summed E-state index contributed by atoms with van der Waals surface area (Å²) in [4.78, 5) is 0. The third kappa shape index (κ3) is 19.6. The maximum absolute atomic E-state index is 7.07. The Bertz CT molecular complexity index is 264. The lowest BCUT2D eigenvalue weighted by molar-refractivity contribution is 0.536. The third-order valence-corrected chi connectivity index (χ3v) is 4.60. The molecule has 0 radical (unpaired) electrons. The molecule has 0 fully saturated rings. The van der Waals surface area contributed by atoms with Crippen LogP contribution in [0.5, 0.6) is 0 Å². The van der Waals surface area contributed by atoms with Gasteiger partial charge < -0.3 is 5.73 Å². The molecule has 3 N–H and O–H groups in total. The highest BCUT2D eigenvalue weighted by molar-refractivity contribution is 8.16. The zero-order valence-electron chi connectivity index (χ0n) is 14.7. The number of hydrogen-bond acceptors (Lipinski definition) is 2. The highest BCUT2D eigenvalue weighted by Crippen LogP contribution is 2.13. The summed E-state index contributed by atoms with van der Waals surface area (Å²) in [5, 5.41) is 9.19. The van der Waals surface area contributed by atoms with Crippen LogP contribution in [0.15, 0.2) is 11.5 Å². The molecule has 2 nitrogen and oxygen atoms in total. The predicted molar refractivity (Wildman–Crippen MR) is 104 cm³/mol. The van der Waals surface area contributed by atoms with Crippen LogP contribution in [0.3, 0.4) is 0 Å². The number of allylic oxidation sites excluding steroid dienone is 1. The van der Waals surface area contributed by atoms with Crippen molar-refractivity contribution in [3.63, 3.8) is 0 Å². The van der Waals surface area contributed by atoms with Gasteiger partial charge in [-0.25, -0.2) is 0 Å². The van der Waals surface area contributed by atoms with Crippen LogP contribution in [0.25, 0.3) is 0 Å². The fourth-order valence-electron chi connectivity index (χ4n) is 2.65. The number of nitrogens with one attached hydrogen (secondary N) is 1. The smallest absolute Gasteiger partial charge is 0.155 e. The van der Waals surface area contributed by atoms with Crippen molar-refractivity contribution in [2.24, 2.45) is 5.73 Å². The lowest BCUT2D eigenvalue weighted by Gasteiger charge is -2.02. The summed E-state index contributed by atoms with van der Waals surface area (Å²) >= 11 is 1.30. The molecule has 0 amide bonds. The number of thioether (sulfide) groups is 1. The van der Waals surface area contributed by atoms with Crippen molar-refractivity contribution in [3.8, 4) is 0 Å². The molecule has 0 unspecified atom stereocenters. The molecule has 0 aliphatic heterocycles. The highest BCUT2D eigenvalue weighted by atomic mass is 32.2. The Morgan fingerprint density at radius 3 is 1.59 bits per heavy atom. The van der Waals surface area contributed by atoms with Crippen molar-refractivity contribution in [1.82, 2.24) is 0 Å². The van der Waals surface area contributed by atoms with E-state index in [4.69, 9.17) is 11.1 Å². The van der Waals surface area contributed by atoms with Gasteiger partial charge in [0.15, 0.2) is 5.17 Å². The molecule has 0 aliphatic rings. The van der Waals surface area contributed by atoms with Crippen LogP contribution in [0.2, 0.25) is 0 Å². The van der Waals surface area contributed by atoms with Crippen LogP contribution < -0.4 is 5.73 Å². The summed E-state index contributed by atoms with van der Waals surface area (Å²) in [6, 6.07) is 0.